The standard InChI is InChI=1S/C28H39FO2/c1-27-14-12-21(30)17-19(27)7-8-22-23-9-10-25(28(23,2)15-13-24(22)27)26(31)11-6-18-4-3-5-20(29)16-18/h3-5,7,16,21-26,30-31H,6,8-15,17H2,1-2H3. The monoisotopic (exact) mass is 426 g/mol. The van der Waals surface area contributed by atoms with E-state index < -0.39 is 0 Å². The summed E-state index contributed by atoms with van der Waals surface area (Å²) in [4.78, 5) is 0. The molecule has 31 heavy (non-hydrogen) atoms. The van der Waals surface area contributed by atoms with Crippen molar-refractivity contribution in [3.8, 4) is 0 Å². The number of hydrogen-bond donors (Lipinski definition) is 2. The first kappa shape index (κ1) is 21.6. The summed E-state index contributed by atoms with van der Waals surface area (Å²) in [5, 5.41) is 21.4. The molecular formula is C28H39FO2. The van der Waals surface area contributed by atoms with Gasteiger partial charge >= 0.3 is 0 Å². The van der Waals surface area contributed by atoms with E-state index >= 15 is 0 Å². The predicted octanol–water partition coefficient (Wildman–Crippen LogP) is 6.06. The smallest absolute Gasteiger partial charge is 0.123 e. The summed E-state index contributed by atoms with van der Waals surface area (Å²) < 4.78 is 13.5. The Morgan fingerprint density at radius 1 is 1.10 bits per heavy atom. The van der Waals surface area contributed by atoms with Crippen molar-refractivity contribution in [3.05, 3.63) is 47.3 Å². The lowest BCUT2D eigenvalue weighted by molar-refractivity contribution is -0.0713. The van der Waals surface area contributed by atoms with Crippen molar-refractivity contribution in [1.82, 2.24) is 0 Å². The molecule has 0 saturated heterocycles. The molecule has 2 nitrogen and oxygen atoms in total. The Morgan fingerprint density at radius 2 is 1.94 bits per heavy atom. The zero-order chi connectivity index (χ0) is 21.8. The molecule has 0 amide bonds. The number of benzene rings is 1. The van der Waals surface area contributed by atoms with E-state index in [0.717, 1.165) is 62.3 Å². The largest absolute Gasteiger partial charge is 0.393 e. The number of aliphatic hydroxyl groups excluding tert-OH is 2. The molecule has 8 atom stereocenters. The fourth-order valence-electron chi connectivity index (χ4n) is 8.52. The van der Waals surface area contributed by atoms with Crippen LogP contribution in [0.3, 0.4) is 0 Å². The molecule has 0 bridgehead atoms. The maximum absolute atomic E-state index is 13.5. The fourth-order valence-corrected chi connectivity index (χ4v) is 8.52. The van der Waals surface area contributed by atoms with Gasteiger partial charge in [-0.05, 0) is 116 Å². The SMILES string of the molecule is CC12CCC(O)CC1=CCC1C2CCC2(C)C(C(O)CCc3cccc(F)c3)CCC12. The predicted molar refractivity (Wildman–Crippen MR) is 122 cm³/mol. The molecule has 3 heteroatoms. The van der Waals surface area contributed by atoms with Crippen LogP contribution >= 0.6 is 0 Å². The molecule has 0 heterocycles. The summed E-state index contributed by atoms with van der Waals surface area (Å²) in [6, 6.07) is 6.82. The zero-order valence-electron chi connectivity index (χ0n) is 19.2. The normalized spacial score (nSPS) is 42.9. The van der Waals surface area contributed by atoms with E-state index in [1.54, 1.807) is 12.1 Å². The first-order valence-electron chi connectivity index (χ1n) is 12.6. The summed E-state index contributed by atoms with van der Waals surface area (Å²) in [6.07, 6.45) is 12.5. The highest BCUT2D eigenvalue weighted by atomic mass is 19.1. The van der Waals surface area contributed by atoms with E-state index in [-0.39, 0.29) is 28.9 Å². The van der Waals surface area contributed by atoms with E-state index in [0.29, 0.717) is 11.8 Å². The van der Waals surface area contributed by atoms with Crippen molar-refractivity contribution in [2.24, 2.45) is 34.5 Å². The van der Waals surface area contributed by atoms with Crippen LogP contribution in [0.2, 0.25) is 0 Å². The summed E-state index contributed by atoms with van der Waals surface area (Å²) in [6.45, 7) is 4.94. The van der Waals surface area contributed by atoms with Gasteiger partial charge in [0.05, 0.1) is 12.2 Å². The summed E-state index contributed by atoms with van der Waals surface area (Å²) in [7, 11) is 0. The molecule has 0 aromatic heterocycles. The molecule has 0 spiro atoms. The molecule has 4 aliphatic carbocycles. The molecule has 3 fully saturated rings. The van der Waals surface area contributed by atoms with Crippen LogP contribution in [-0.2, 0) is 6.42 Å². The Hall–Kier alpha value is -1.19. The lowest BCUT2D eigenvalue weighted by atomic mass is 9.47. The number of halogens is 1. The summed E-state index contributed by atoms with van der Waals surface area (Å²) in [5.41, 5.74) is 3.01. The van der Waals surface area contributed by atoms with Crippen LogP contribution in [0.1, 0.15) is 77.2 Å². The first-order valence-corrected chi connectivity index (χ1v) is 12.6. The van der Waals surface area contributed by atoms with Gasteiger partial charge < -0.3 is 10.2 Å². The minimum atomic E-state index is -0.301. The molecule has 0 radical (unpaired) electrons. The van der Waals surface area contributed by atoms with E-state index in [1.165, 1.54) is 30.9 Å². The van der Waals surface area contributed by atoms with Gasteiger partial charge in [0.25, 0.3) is 0 Å². The second-order valence-electron chi connectivity index (χ2n) is 11.6. The van der Waals surface area contributed by atoms with Gasteiger partial charge in [0, 0.05) is 0 Å². The molecule has 170 valence electrons. The number of fused-ring (bicyclic) bond motifs is 5. The summed E-state index contributed by atoms with van der Waals surface area (Å²) in [5.74, 6) is 2.33. The summed E-state index contributed by atoms with van der Waals surface area (Å²) >= 11 is 0. The molecule has 4 aliphatic rings. The Labute approximate surface area is 187 Å². The molecule has 1 aromatic rings. The third-order valence-electron chi connectivity index (χ3n) is 10.2. The third kappa shape index (κ3) is 3.60. The Balaban J connectivity index is 1.31. The van der Waals surface area contributed by atoms with Gasteiger partial charge in [-0.25, -0.2) is 4.39 Å². The highest BCUT2D eigenvalue weighted by Gasteiger charge is 2.59. The van der Waals surface area contributed by atoms with Crippen molar-refractivity contribution in [2.75, 3.05) is 0 Å². The van der Waals surface area contributed by atoms with Gasteiger partial charge in [0.15, 0.2) is 0 Å². The van der Waals surface area contributed by atoms with E-state index in [9.17, 15) is 14.6 Å². The molecule has 2 N–H and O–H groups in total. The van der Waals surface area contributed by atoms with Gasteiger partial charge in [0.1, 0.15) is 5.82 Å². The lowest BCUT2D eigenvalue weighted by Gasteiger charge is -2.58. The van der Waals surface area contributed by atoms with E-state index in [1.807, 2.05) is 6.07 Å². The second-order valence-corrected chi connectivity index (χ2v) is 11.6. The van der Waals surface area contributed by atoms with Gasteiger partial charge in [-0.1, -0.05) is 37.6 Å². The number of rotatable bonds is 4. The van der Waals surface area contributed by atoms with Crippen LogP contribution in [0.4, 0.5) is 4.39 Å². The van der Waals surface area contributed by atoms with Crippen LogP contribution in [0.15, 0.2) is 35.9 Å². The molecule has 8 unspecified atom stereocenters. The van der Waals surface area contributed by atoms with Crippen molar-refractivity contribution in [2.45, 2.75) is 90.3 Å². The van der Waals surface area contributed by atoms with Crippen LogP contribution in [0, 0.1) is 40.3 Å². The second kappa shape index (κ2) is 7.99. The fraction of sp³-hybridized carbons (Fsp3) is 0.714. The van der Waals surface area contributed by atoms with Crippen molar-refractivity contribution < 1.29 is 14.6 Å². The number of aliphatic hydroxyl groups is 2. The average molecular weight is 427 g/mol. The van der Waals surface area contributed by atoms with E-state index in [4.69, 9.17) is 0 Å². The first-order chi connectivity index (χ1) is 14.8. The minimum absolute atomic E-state index is 0.145. The topological polar surface area (TPSA) is 40.5 Å². The lowest BCUT2D eigenvalue weighted by Crippen LogP contribution is -2.51. The van der Waals surface area contributed by atoms with E-state index in [2.05, 4.69) is 19.9 Å². The Bertz CT molecular complexity index is 849. The van der Waals surface area contributed by atoms with Crippen LogP contribution in [0.25, 0.3) is 0 Å². The number of aryl methyl sites for hydroxylation is 1. The van der Waals surface area contributed by atoms with Crippen LogP contribution in [0.5, 0.6) is 0 Å². The highest BCUT2D eigenvalue weighted by molar-refractivity contribution is 5.25. The van der Waals surface area contributed by atoms with Crippen molar-refractivity contribution >= 4 is 0 Å². The average Bonchev–Trinajstić information content (AvgIpc) is 3.10. The molecule has 3 saturated carbocycles. The molecule has 5 rings (SSSR count). The van der Waals surface area contributed by atoms with Crippen molar-refractivity contribution in [1.29, 1.82) is 0 Å². The van der Waals surface area contributed by atoms with Crippen LogP contribution in [-0.4, -0.2) is 22.4 Å². The zero-order valence-corrected chi connectivity index (χ0v) is 19.2. The Morgan fingerprint density at radius 3 is 2.74 bits per heavy atom. The van der Waals surface area contributed by atoms with Gasteiger partial charge in [0.2, 0.25) is 0 Å². The maximum Gasteiger partial charge on any atom is 0.123 e. The van der Waals surface area contributed by atoms with Gasteiger partial charge in [-0.2, -0.15) is 0 Å². The Kier molecular flexibility index (Phi) is 5.58. The number of allylic oxidation sites excluding steroid dienone is 1. The quantitative estimate of drug-likeness (QED) is 0.575. The molecular weight excluding hydrogens is 387 g/mol. The number of hydrogen-bond acceptors (Lipinski definition) is 2. The molecule has 0 aliphatic heterocycles. The van der Waals surface area contributed by atoms with Crippen LogP contribution < -0.4 is 0 Å². The molecule has 1 aromatic carbocycles. The highest BCUT2D eigenvalue weighted by Crippen LogP contribution is 2.66. The maximum atomic E-state index is 13.5. The minimum Gasteiger partial charge on any atom is -0.393 e. The third-order valence-corrected chi connectivity index (χ3v) is 10.2. The van der Waals surface area contributed by atoms with Gasteiger partial charge in [-0.3, -0.25) is 0 Å². The van der Waals surface area contributed by atoms with Gasteiger partial charge in [-0.15, -0.1) is 0 Å². The van der Waals surface area contributed by atoms with Crippen molar-refractivity contribution in [3.63, 3.8) is 0 Å².